The molecular formula is C53H96O6. The maximum atomic E-state index is 12.7. The number of rotatable bonds is 46. The number of carbonyl (C=O) groups excluding carboxylic acids is 3. The molecule has 0 saturated heterocycles. The van der Waals surface area contributed by atoms with Crippen LogP contribution < -0.4 is 0 Å². The van der Waals surface area contributed by atoms with E-state index in [4.69, 9.17) is 14.2 Å². The number of allylic oxidation sites excluding steroid dienone is 6. The van der Waals surface area contributed by atoms with Crippen LogP contribution in [0.3, 0.4) is 0 Å². The highest BCUT2D eigenvalue weighted by Gasteiger charge is 2.19. The average Bonchev–Trinajstić information content (AvgIpc) is 3.23. The molecule has 0 aliphatic carbocycles. The number of esters is 3. The summed E-state index contributed by atoms with van der Waals surface area (Å²) in [5, 5.41) is 0. The second-order valence-electron chi connectivity index (χ2n) is 17.1. The summed E-state index contributed by atoms with van der Waals surface area (Å²) in [6.07, 6.45) is 55.6. The molecule has 0 rings (SSSR count). The van der Waals surface area contributed by atoms with E-state index in [2.05, 4.69) is 57.2 Å². The van der Waals surface area contributed by atoms with E-state index in [9.17, 15) is 14.4 Å². The molecule has 6 heteroatoms. The van der Waals surface area contributed by atoms with E-state index in [1.807, 2.05) is 0 Å². The smallest absolute Gasteiger partial charge is 0.306 e. The predicted octanol–water partition coefficient (Wildman–Crippen LogP) is 16.5. The maximum Gasteiger partial charge on any atom is 0.306 e. The van der Waals surface area contributed by atoms with E-state index in [1.54, 1.807) is 0 Å². The Balaban J connectivity index is 4.33. The topological polar surface area (TPSA) is 78.9 Å². The third-order valence-corrected chi connectivity index (χ3v) is 11.1. The standard InChI is InChI=1S/C53H96O6/c1-4-7-10-13-16-19-22-24-25-26-27-28-29-32-34-37-40-43-46-52(55)58-49-50(48-57-51(54)45-42-39-36-33-30-21-18-15-12-9-6-3)59-53(56)47-44-41-38-35-31-23-20-17-14-11-8-5-2/h8,11,17,20,27-28,50H,4-7,9-10,12-16,18-19,21-26,29-49H2,1-3H3/b11-8-,20-17-,28-27-. The van der Waals surface area contributed by atoms with E-state index < -0.39 is 6.10 Å². The van der Waals surface area contributed by atoms with E-state index in [-0.39, 0.29) is 31.1 Å². The van der Waals surface area contributed by atoms with Crippen molar-refractivity contribution in [1.29, 1.82) is 0 Å². The number of ether oxygens (including phenoxy) is 3. The number of unbranched alkanes of at least 4 members (excludes halogenated alkanes) is 29. The van der Waals surface area contributed by atoms with E-state index >= 15 is 0 Å². The Morgan fingerprint density at radius 3 is 1.03 bits per heavy atom. The summed E-state index contributed by atoms with van der Waals surface area (Å²) < 4.78 is 16.8. The van der Waals surface area contributed by atoms with Crippen molar-refractivity contribution in [3.05, 3.63) is 36.5 Å². The fourth-order valence-electron chi connectivity index (χ4n) is 7.30. The first-order valence-electron chi connectivity index (χ1n) is 25.5. The lowest BCUT2D eigenvalue weighted by Crippen LogP contribution is -2.30. The lowest BCUT2D eigenvalue weighted by Gasteiger charge is -2.18. The van der Waals surface area contributed by atoms with Gasteiger partial charge in [0, 0.05) is 19.3 Å². The molecule has 0 aliphatic rings. The van der Waals surface area contributed by atoms with E-state index in [0.717, 1.165) is 96.3 Å². The van der Waals surface area contributed by atoms with Crippen LogP contribution in [0.1, 0.15) is 265 Å². The van der Waals surface area contributed by atoms with Crippen molar-refractivity contribution in [3.8, 4) is 0 Å². The second-order valence-corrected chi connectivity index (χ2v) is 17.1. The average molecular weight is 829 g/mol. The zero-order valence-electron chi connectivity index (χ0n) is 39.3. The van der Waals surface area contributed by atoms with Gasteiger partial charge < -0.3 is 14.2 Å². The molecule has 0 heterocycles. The lowest BCUT2D eigenvalue weighted by molar-refractivity contribution is -0.167. The van der Waals surface area contributed by atoms with Gasteiger partial charge in [0.1, 0.15) is 13.2 Å². The largest absolute Gasteiger partial charge is 0.462 e. The van der Waals surface area contributed by atoms with Gasteiger partial charge >= 0.3 is 17.9 Å². The highest BCUT2D eigenvalue weighted by atomic mass is 16.6. The van der Waals surface area contributed by atoms with Crippen molar-refractivity contribution in [2.75, 3.05) is 13.2 Å². The van der Waals surface area contributed by atoms with Crippen LogP contribution in [0.25, 0.3) is 0 Å². The minimum atomic E-state index is -0.778. The summed E-state index contributed by atoms with van der Waals surface area (Å²) in [7, 11) is 0. The van der Waals surface area contributed by atoms with Gasteiger partial charge in [-0.25, -0.2) is 0 Å². The van der Waals surface area contributed by atoms with Crippen molar-refractivity contribution >= 4 is 17.9 Å². The molecule has 1 atom stereocenters. The van der Waals surface area contributed by atoms with Crippen LogP contribution in [0.5, 0.6) is 0 Å². The molecule has 0 aromatic rings. The molecule has 0 fully saturated rings. The first-order chi connectivity index (χ1) is 29.0. The Bertz CT molecular complexity index is 1000. The molecule has 0 N–H and O–H groups in total. The lowest BCUT2D eigenvalue weighted by atomic mass is 10.1. The summed E-state index contributed by atoms with van der Waals surface area (Å²) in [6, 6.07) is 0. The summed E-state index contributed by atoms with van der Waals surface area (Å²) in [4.78, 5) is 37.9. The predicted molar refractivity (Wildman–Crippen MR) is 252 cm³/mol. The maximum absolute atomic E-state index is 12.7. The Morgan fingerprint density at radius 2 is 0.661 bits per heavy atom. The summed E-state index contributed by atoms with van der Waals surface area (Å²) >= 11 is 0. The van der Waals surface area contributed by atoms with Gasteiger partial charge in [-0.1, -0.05) is 211 Å². The van der Waals surface area contributed by atoms with Gasteiger partial charge in [-0.15, -0.1) is 0 Å². The van der Waals surface area contributed by atoms with Crippen molar-refractivity contribution in [2.24, 2.45) is 0 Å². The SMILES string of the molecule is CC/C=C\C/C=C\CCCCCCCC(=O)OC(COC(=O)CCCCCCC/C=C\CCCCCCCCCCC)COC(=O)CCCCCCCCCCCCC. The first-order valence-corrected chi connectivity index (χ1v) is 25.5. The van der Waals surface area contributed by atoms with Crippen molar-refractivity contribution in [2.45, 2.75) is 271 Å². The summed E-state index contributed by atoms with van der Waals surface area (Å²) in [5.41, 5.74) is 0. The molecule has 344 valence electrons. The third-order valence-electron chi connectivity index (χ3n) is 11.1. The summed E-state index contributed by atoms with van der Waals surface area (Å²) in [6.45, 7) is 6.52. The molecule has 0 aromatic carbocycles. The van der Waals surface area contributed by atoms with Crippen LogP contribution in [0, 0.1) is 0 Å². The Labute approximate surface area is 365 Å². The number of hydrogen-bond donors (Lipinski definition) is 0. The highest BCUT2D eigenvalue weighted by Crippen LogP contribution is 2.15. The molecule has 0 aliphatic heterocycles. The molecule has 0 spiro atoms. The molecule has 0 bridgehead atoms. The molecule has 59 heavy (non-hydrogen) atoms. The molecule has 0 radical (unpaired) electrons. The van der Waals surface area contributed by atoms with Crippen LogP contribution in [-0.4, -0.2) is 37.2 Å². The third kappa shape index (κ3) is 46.5. The zero-order chi connectivity index (χ0) is 43.0. The number of carbonyl (C=O) groups is 3. The zero-order valence-corrected chi connectivity index (χ0v) is 39.3. The monoisotopic (exact) mass is 829 g/mol. The van der Waals surface area contributed by atoms with E-state index in [0.29, 0.717) is 19.3 Å². The Morgan fingerprint density at radius 1 is 0.356 bits per heavy atom. The fourth-order valence-corrected chi connectivity index (χ4v) is 7.30. The van der Waals surface area contributed by atoms with Crippen LogP contribution in [-0.2, 0) is 28.6 Å². The number of hydrogen-bond acceptors (Lipinski definition) is 6. The van der Waals surface area contributed by atoms with Crippen molar-refractivity contribution in [1.82, 2.24) is 0 Å². The van der Waals surface area contributed by atoms with Gasteiger partial charge in [0.05, 0.1) is 0 Å². The molecule has 6 nitrogen and oxygen atoms in total. The normalized spacial score (nSPS) is 12.3. The van der Waals surface area contributed by atoms with Gasteiger partial charge in [-0.3, -0.25) is 14.4 Å². The summed E-state index contributed by atoms with van der Waals surface area (Å²) in [5.74, 6) is -0.895. The highest BCUT2D eigenvalue weighted by molar-refractivity contribution is 5.71. The fraction of sp³-hybridized carbons (Fsp3) is 0.830. The molecule has 1 unspecified atom stereocenters. The van der Waals surface area contributed by atoms with Gasteiger partial charge in [0.2, 0.25) is 0 Å². The molecule has 0 saturated carbocycles. The molecule has 0 amide bonds. The quantitative estimate of drug-likeness (QED) is 0.0263. The first kappa shape index (κ1) is 56.6. The van der Waals surface area contributed by atoms with Crippen LogP contribution in [0.4, 0.5) is 0 Å². The van der Waals surface area contributed by atoms with Crippen molar-refractivity contribution < 1.29 is 28.6 Å². The molecular weight excluding hydrogens is 733 g/mol. The Kier molecular flexibility index (Phi) is 46.4. The minimum Gasteiger partial charge on any atom is -0.462 e. The second kappa shape index (κ2) is 48.3. The van der Waals surface area contributed by atoms with Crippen LogP contribution >= 0.6 is 0 Å². The Hall–Kier alpha value is -2.37. The van der Waals surface area contributed by atoms with Gasteiger partial charge in [0.25, 0.3) is 0 Å². The van der Waals surface area contributed by atoms with Gasteiger partial charge in [-0.05, 0) is 70.6 Å². The van der Waals surface area contributed by atoms with Crippen LogP contribution in [0.2, 0.25) is 0 Å². The van der Waals surface area contributed by atoms with Crippen molar-refractivity contribution in [3.63, 3.8) is 0 Å². The van der Waals surface area contributed by atoms with Gasteiger partial charge in [0.15, 0.2) is 6.10 Å². The minimum absolute atomic E-state index is 0.0781. The van der Waals surface area contributed by atoms with Gasteiger partial charge in [-0.2, -0.15) is 0 Å². The molecule has 0 aromatic heterocycles. The van der Waals surface area contributed by atoms with E-state index in [1.165, 1.54) is 128 Å². The van der Waals surface area contributed by atoms with Crippen LogP contribution in [0.15, 0.2) is 36.5 Å².